The first-order valence-corrected chi connectivity index (χ1v) is 7.72. The molecule has 2 aromatic carbocycles. The van der Waals surface area contributed by atoms with Crippen LogP contribution < -0.4 is 15.7 Å². The summed E-state index contributed by atoms with van der Waals surface area (Å²) >= 11 is 0. The maximum atomic E-state index is 12.5. The second-order valence-corrected chi connectivity index (χ2v) is 5.39. The third kappa shape index (κ3) is 3.15. The van der Waals surface area contributed by atoms with E-state index in [2.05, 4.69) is 5.32 Å². The molecule has 0 aliphatic carbocycles. The van der Waals surface area contributed by atoms with Crippen LogP contribution in [-0.2, 0) is 6.42 Å². The highest BCUT2D eigenvalue weighted by Gasteiger charge is 2.15. The van der Waals surface area contributed by atoms with Gasteiger partial charge in [0.1, 0.15) is 12.8 Å². The van der Waals surface area contributed by atoms with Gasteiger partial charge in [-0.25, -0.2) is 0 Å². The molecule has 3 rings (SSSR count). The number of carbonyl (C=O) groups is 1. The SMILES string of the molecule is COn1c(C(=O)NCCc2ccccc2)cc2ccccc2c1=O. The minimum Gasteiger partial charge on any atom is -0.413 e. The van der Waals surface area contributed by atoms with Gasteiger partial charge in [-0.1, -0.05) is 48.5 Å². The lowest BCUT2D eigenvalue weighted by atomic mass is 10.1. The van der Waals surface area contributed by atoms with Crippen molar-refractivity contribution in [3.05, 3.63) is 82.3 Å². The number of hydrogen-bond donors (Lipinski definition) is 1. The largest absolute Gasteiger partial charge is 0.413 e. The molecule has 3 aromatic rings. The van der Waals surface area contributed by atoms with Gasteiger partial charge >= 0.3 is 0 Å². The van der Waals surface area contributed by atoms with E-state index in [0.717, 1.165) is 16.7 Å². The Labute approximate surface area is 139 Å². The molecular formula is C19H18N2O3. The molecule has 0 unspecified atom stereocenters. The Balaban J connectivity index is 1.82. The summed E-state index contributed by atoms with van der Waals surface area (Å²) < 4.78 is 1.03. The maximum absolute atomic E-state index is 12.5. The van der Waals surface area contributed by atoms with Gasteiger partial charge in [-0.05, 0) is 29.5 Å². The first-order valence-electron chi connectivity index (χ1n) is 7.72. The number of nitrogens with zero attached hydrogens (tertiary/aromatic N) is 1. The van der Waals surface area contributed by atoms with Crippen molar-refractivity contribution < 1.29 is 9.63 Å². The van der Waals surface area contributed by atoms with Gasteiger partial charge in [-0.2, -0.15) is 0 Å². The molecule has 0 atom stereocenters. The summed E-state index contributed by atoms with van der Waals surface area (Å²) in [6.45, 7) is 0.480. The predicted molar refractivity (Wildman–Crippen MR) is 93.2 cm³/mol. The molecule has 5 nitrogen and oxygen atoms in total. The van der Waals surface area contributed by atoms with Crippen LogP contribution in [0.3, 0.4) is 0 Å². The second-order valence-electron chi connectivity index (χ2n) is 5.39. The minimum absolute atomic E-state index is 0.189. The van der Waals surface area contributed by atoms with Crippen LogP contribution in [0.25, 0.3) is 10.8 Å². The Hall–Kier alpha value is -3.08. The summed E-state index contributed by atoms with van der Waals surface area (Å²) in [5.74, 6) is -0.337. The third-order valence-corrected chi connectivity index (χ3v) is 3.84. The van der Waals surface area contributed by atoms with Crippen molar-refractivity contribution in [1.29, 1.82) is 0 Å². The Morgan fingerprint density at radius 1 is 1.08 bits per heavy atom. The summed E-state index contributed by atoms with van der Waals surface area (Å²) in [4.78, 5) is 30.0. The Morgan fingerprint density at radius 2 is 1.79 bits per heavy atom. The van der Waals surface area contributed by atoms with Crippen LogP contribution in [0.15, 0.2) is 65.5 Å². The number of nitrogens with one attached hydrogen (secondary N) is 1. The Bertz CT molecular complexity index is 917. The Kier molecular flexibility index (Phi) is 4.61. The third-order valence-electron chi connectivity index (χ3n) is 3.84. The van der Waals surface area contributed by atoms with E-state index in [0.29, 0.717) is 17.3 Å². The van der Waals surface area contributed by atoms with Crippen molar-refractivity contribution >= 4 is 16.7 Å². The standard InChI is InChI=1S/C19H18N2O3/c1-24-21-17(13-15-9-5-6-10-16(15)19(21)23)18(22)20-12-11-14-7-3-2-4-8-14/h2-10,13H,11-12H2,1H3,(H,20,22). The number of hydrogen-bond acceptors (Lipinski definition) is 3. The fourth-order valence-corrected chi connectivity index (χ4v) is 2.64. The summed E-state index contributed by atoms with van der Waals surface area (Å²) in [6.07, 6.45) is 0.720. The Morgan fingerprint density at radius 3 is 2.54 bits per heavy atom. The van der Waals surface area contributed by atoms with Crippen molar-refractivity contribution in [2.75, 3.05) is 13.7 Å². The van der Waals surface area contributed by atoms with Crippen molar-refractivity contribution in [2.24, 2.45) is 0 Å². The summed E-state index contributed by atoms with van der Waals surface area (Å²) in [7, 11) is 1.37. The van der Waals surface area contributed by atoms with Crippen LogP contribution >= 0.6 is 0 Å². The van der Waals surface area contributed by atoms with Crippen LogP contribution in [0.1, 0.15) is 16.1 Å². The lowest BCUT2D eigenvalue weighted by molar-refractivity contribution is 0.0885. The molecule has 122 valence electrons. The lowest BCUT2D eigenvalue weighted by Crippen LogP contribution is -2.35. The predicted octanol–water partition coefficient (Wildman–Crippen LogP) is 2.03. The molecule has 24 heavy (non-hydrogen) atoms. The average molecular weight is 322 g/mol. The van der Waals surface area contributed by atoms with Gasteiger partial charge in [0.25, 0.3) is 11.5 Å². The van der Waals surface area contributed by atoms with Crippen molar-refractivity contribution in [3.8, 4) is 0 Å². The average Bonchev–Trinajstić information content (AvgIpc) is 2.62. The second kappa shape index (κ2) is 7.00. The maximum Gasteiger partial charge on any atom is 0.291 e. The van der Waals surface area contributed by atoms with E-state index < -0.39 is 0 Å². The molecule has 0 radical (unpaired) electrons. The van der Waals surface area contributed by atoms with Gasteiger partial charge in [0.05, 0.1) is 5.39 Å². The number of carbonyl (C=O) groups excluding carboxylic acids is 1. The smallest absolute Gasteiger partial charge is 0.291 e. The molecule has 0 saturated carbocycles. The van der Waals surface area contributed by atoms with Crippen molar-refractivity contribution in [1.82, 2.24) is 10.0 Å². The normalized spacial score (nSPS) is 10.5. The molecule has 0 bridgehead atoms. The summed E-state index contributed by atoms with van der Waals surface area (Å²) in [5, 5.41) is 4.06. The molecular weight excluding hydrogens is 304 g/mol. The highest BCUT2D eigenvalue weighted by atomic mass is 16.6. The fraction of sp³-hybridized carbons (Fsp3) is 0.158. The number of benzene rings is 2. The van der Waals surface area contributed by atoms with Gasteiger partial charge in [-0.3, -0.25) is 9.59 Å². The van der Waals surface area contributed by atoms with Crippen LogP contribution in [-0.4, -0.2) is 24.3 Å². The van der Waals surface area contributed by atoms with E-state index in [1.54, 1.807) is 24.3 Å². The molecule has 0 fully saturated rings. The molecule has 1 amide bonds. The van der Waals surface area contributed by atoms with E-state index in [1.807, 2.05) is 36.4 Å². The van der Waals surface area contributed by atoms with E-state index >= 15 is 0 Å². The van der Waals surface area contributed by atoms with Gasteiger partial charge in [0, 0.05) is 6.54 Å². The van der Waals surface area contributed by atoms with Crippen LogP contribution in [0.4, 0.5) is 0 Å². The highest BCUT2D eigenvalue weighted by Crippen LogP contribution is 2.11. The molecule has 5 heteroatoms. The number of amides is 1. The number of aromatic nitrogens is 1. The zero-order chi connectivity index (χ0) is 16.9. The molecule has 1 aromatic heterocycles. The number of fused-ring (bicyclic) bond motifs is 1. The lowest BCUT2D eigenvalue weighted by Gasteiger charge is -2.12. The van der Waals surface area contributed by atoms with Crippen molar-refractivity contribution in [2.45, 2.75) is 6.42 Å². The van der Waals surface area contributed by atoms with Gasteiger partial charge in [-0.15, -0.1) is 4.73 Å². The number of rotatable bonds is 5. The fourth-order valence-electron chi connectivity index (χ4n) is 2.64. The summed E-state index contributed by atoms with van der Waals surface area (Å²) in [5.41, 5.74) is 0.985. The summed E-state index contributed by atoms with van der Waals surface area (Å²) in [6, 6.07) is 18.7. The van der Waals surface area contributed by atoms with E-state index in [-0.39, 0.29) is 17.2 Å². The topological polar surface area (TPSA) is 60.3 Å². The van der Waals surface area contributed by atoms with Crippen molar-refractivity contribution in [3.63, 3.8) is 0 Å². The van der Waals surface area contributed by atoms with E-state index in [1.165, 1.54) is 7.11 Å². The van der Waals surface area contributed by atoms with Crippen LogP contribution in [0, 0.1) is 0 Å². The zero-order valence-corrected chi connectivity index (χ0v) is 13.4. The van der Waals surface area contributed by atoms with Crippen LogP contribution in [0.5, 0.6) is 0 Å². The monoisotopic (exact) mass is 322 g/mol. The van der Waals surface area contributed by atoms with Gasteiger partial charge in [0.2, 0.25) is 0 Å². The van der Waals surface area contributed by atoms with E-state index in [4.69, 9.17) is 4.84 Å². The minimum atomic E-state index is -0.344. The molecule has 0 spiro atoms. The highest BCUT2D eigenvalue weighted by molar-refractivity contribution is 5.96. The van der Waals surface area contributed by atoms with Gasteiger partial charge < -0.3 is 10.2 Å². The molecule has 1 N–H and O–H groups in total. The quantitative estimate of drug-likeness (QED) is 0.782. The molecule has 1 heterocycles. The molecule has 0 saturated heterocycles. The zero-order valence-electron chi connectivity index (χ0n) is 13.4. The first-order chi connectivity index (χ1) is 11.7. The first kappa shape index (κ1) is 15.8. The van der Waals surface area contributed by atoms with Gasteiger partial charge in [0.15, 0.2) is 0 Å². The molecule has 0 aliphatic heterocycles. The van der Waals surface area contributed by atoms with E-state index in [9.17, 15) is 9.59 Å². The molecule has 0 aliphatic rings. The van der Waals surface area contributed by atoms with Crippen LogP contribution in [0.2, 0.25) is 0 Å². The number of pyridine rings is 1.